The average Bonchev–Trinajstić information content (AvgIpc) is 2.58. The maximum atomic E-state index is 5.34. The molecular weight excluding hydrogens is 166 g/mol. The van der Waals surface area contributed by atoms with Gasteiger partial charge in [-0.3, -0.25) is 0 Å². The number of fused-ring (bicyclic) bond motifs is 1. The lowest BCUT2D eigenvalue weighted by Crippen LogP contribution is -2.28. The summed E-state index contributed by atoms with van der Waals surface area (Å²) in [5.41, 5.74) is 2.36. The van der Waals surface area contributed by atoms with Crippen molar-refractivity contribution in [1.82, 2.24) is 14.9 Å². The number of ether oxygens (including phenoxy) is 1. The summed E-state index contributed by atoms with van der Waals surface area (Å²) in [6.07, 6.45) is 1.91. The molecule has 72 valence electrons. The van der Waals surface area contributed by atoms with Gasteiger partial charge in [0.15, 0.2) is 0 Å². The minimum Gasteiger partial charge on any atom is -0.375 e. The van der Waals surface area contributed by atoms with Gasteiger partial charge in [0.25, 0.3) is 0 Å². The Morgan fingerprint density at radius 1 is 1.69 bits per heavy atom. The van der Waals surface area contributed by atoms with Crippen LogP contribution in [0, 0.1) is 0 Å². The Hall–Kier alpha value is -0.870. The summed E-state index contributed by atoms with van der Waals surface area (Å²) in [7, 11) is 0. The molecule has 0 saturated carbocycles. The highest BCUT2D eigenvalue weighted by Crippen LogP contribution is 2.11. The Balaban J connectivity index is 2.12. The normalized spacial score (nSPS) is 15.8. The van der Waals surface area contributed by atoms with Gasteiger partial charge in [-0.2, -0.15) is 0 Å². The molecule has 13 heavy (non-hydrogen) atoms. The van der Waals surface area contributed by atoms with E-state index < -0.39 is 0 Å². The van der Waals surface area contributed by atoms with Crippen LogP contribution >= 0.6 is 0 Å². The minimum atomic E-state index is 0.639. The number of rotatable bonds is 3. The number of nitrogens with one attached hydrogen (secondary N) is 1. The molecule has 0 saturated heterocycles. The molecule has 1 aliphatic heterocycles. The zero-order valence-corrected chi connectivity index (χ0v) is 7.92. The zero-order chi connectivity index (χ0) is 9.10. The fraction of sp³-hybridized carbons (Fsp3) is 0.667. The summed E-state index contributed by atoms with van der Waals surface area (Å²) < 4.78 is 7.54. The smallest absolute Gasteiger partial charge is 0.0953 e. The number of hydrogen-bond donors (Lipinski definition) is 1. The van der Waals surface area contributed by atoms with E-state index in [0.29, 0.717) is 6.61 Å². The fourth-order valence-corrected chi connectivity index (χ4v) is 1.57. The Kier molecular flexibility index (Phi) is 2.61. The lowest BCUT2D eigenvalue weighted by Gasteiger charge is -2.16. The van der Waals surface area contributed by atoms with Gasteiger partial charge in [-0.1, -0.05) is 0 Å². The van der Waals surface area contributed by atoms with E-state index in [1.54, 1.807) is 0 Å². The second kappa shape index (κ2) is 3.89. The first-order valence-corrected chi connectivity index (χ1v) is 4.73. The lowest BCUT2D eigenvalue weighted by atomic mass is 10.3. The maximum Gasteiger partial charge on any atom is 0.0953 e. The van der Waals surface area contributed by atoms with Crippen molar-refractivity contribution in [3.8, 4) is 0 Å². The van der Waals surface area contributed by atoms with Gasteiger partial charge in [0, 0.05) is 26.2 Å². The van der Waals surface area contributed by atoms with Crippen LogP contribution in [0.4, 0.5) is 0 Å². The molecule has 0 aromatic carbocycles. The molecule has 0 atom stereocenters. The molecule has 0 unspecified atom stereocenters. The molecule has 0 aliphatic carbocycles. The summed E-state index contributed by atoms with van der Waals surface area (Å²) >= 11 is 0. The van der Waals surface area contributed by atoms with Crippen LogP contribution in [0.2, 0.25) is 0 Å². The van der Waals surface area contributed by atoms with Crippen molar-refractivity contribution in [2.45, 2.75) is 26.6 Å². The fourth-order valence-electron chi connectivity index (χ4n) is 1.57. The highest BCUT2D eigenvalue weighted by atomic mass is 16.5. The van der Waals surface area contributed by atoms with E-state index in [0.717, 1.165) is 31.9 Å². The molecule has 0 amide bonds. The molecule has 2 rings (SSSR count). The Morgan fingerprint density at radius 3 is 3.46 bits per heavy atom. The standard InChI is InChI=1S/C9H15N3O/c1-2-13-6-8-9-5-10-3-4-12(9)7-11-8/h7,10H,2-6H2,1H3. The van der Waals surface area contributed by atoms with Crippen molar-refractivity contribution >= 4 is 0 Å². The predicted octanol–water partition coefficient (Wildman–Crippen LogP) is 0.523. The van der Waals surface area contributed by atoms with Gasteiger partial charge in [-0.05, 0) is 6.92 Å². The SMILES string of the molecule is CCOCc1ncn2c1CNCC2. The van der Waals surface area contributed by atoms with E-state index in [-0.39, 0.29) is 0 Å². The summed E-state index contributed by atoms with van der Waals surface area (Å²) in [4.78, 5) is 4.33. The molecule has 2 heterocycles. The highest BCUT2D eigenvalue weighted by molar-refractivity contribution is 5.13. The van der Waals surface area contributed by atoms with Gasteiger partial charge in [0.05, 0.1) is 24.3 Å². The first kappa shape index (κ1) is 8.72. The number of aromatic nitrogens is 2. The number of nitrogens with zero attached hydrogens (tertiary/aromatic N) is 2. The van der Waals surface area contributed by atoms with Crippen LogP contribution in [0.1, 0.15) is 18.3 Å². The van der Waals surface area contributed by atoms with Crippen LogP contribution in [0.15, 0.2) is 6.33 Å². The Bertz CT molecular complexity index is 282. The minimum absolute atomic E-state index is 0.639. The van der Waals surface area contributed by atoms with E-state index in [2.05, 4.69) is 14.9 Å². The van der Waals surface area contributed by atoms with Gasteiger partial charge >= 0.3 is 0 Å². The van der Waals surface area contributed by atoms with E-state index in [1.165, 1.54) is 5.69 Å². The molecular formula is C9H15N3O. The quantitative estimate of drug-likeness (QED) is 0.739. The average molecular weight is 181 g/mol. The zero-order valence-electron chi connectivity index (χ0n) is 7.92. The second-order valence-corrected chi connectivity index (χ2v) is 3.15. The summed E-state index contributed by atoms with van der Waals surface area (Å²) in [6.45, 7) is 6.37. The summed E-state index contributed by atoms with van der Waals surface area (Å²) in [5.74, 6) is 0. The molecule has 0 spiro atoms. The van der Waals surface area contributed by atoms with Crippen LogP contribution in [-0.4, -0.2) is 22.7 Å². The van der Waals surface area contributed by atoms with Gasteiger partial charge in [-0.15, -0.1) is 0 Å². The van der Waals surface area contributed by atoms with Crippen molar-refractivity contribution < 1.29 is 4.74 Å². The first-order chi connectivity index (χ1) is 6.42. The molecule has 1 aromatic rings. The van der Waals surface area contributed by atoms with Crippen molar-refractivity contribution in [2.24, 2.45) is 0 Å². The lowest BCUT2D eigenvalue weighted by molar-refractivity contribution is 0.130. The third-order valence-corrected chi connectivity index (χ3v) is 2.30. The van der Waals surface area contributed by atoms with E-state index in [9.17, 15) is 0 Å². The molecule has 1 aliphatic rings. The van der Waals surface area contributed by atoms with Gasteiger partial charge in [0.1, 0.15) is 0 Å². The predicted molar refractivity (Wildman–Crippen MR) is 49.3 cm³/mol. The number of imidazole rings is 1. The number of hydrogen-bond acceptors (Lipinski definition) is 3. The molecule has 0 fully saturated rings. The Morgan fingerprint density at radius 2 is 2.62 bits per heavy atom. The van der Waals surface area contributed by atoms with Crippen LogP contribution in [0.5, 0.6) is 0 Å². The van der Waals surface area contributed by atoms with E-state index in [1.807, 2.05) is 13.3 Å². The Labute approximate surface area is 77.9 Å². The summed E-state index contributed by atoms with van der Waals surface area (Å²) in [5, 5.41) is 3.33. The second-order valence-electron chi connectivity index (χ2n) is 3.15. The maximum absolute atomic E-state index is 5.34. The van der Waals surface area contributed by atoms with Crippen molar-refractivity contribution in [3.63, 3.8) is 0 Å². The van der Waals surface area contributed by atoms with Crippen molar-refractivity contribution in [1.29, 1.82) is 0 Å². The molecule has 4 heteroatoms. The molecule has 0 bridgehead atoms. The van der Waals surface area contributed by atoms with Gasteiger partial charge < -0.3 is 14.6 Å². The molecule has 0 radical (unpaired) electrons. The topological polar surface area (TPSA) is 39.1 Å². The van der Waals surface area contributed by atoms with E-state index in [4.69, 9.17) is 4.74 Å². The third-order valence-electron chi connectivity index (χ3n) is 2.30. The highest BCUT2D eigenvalue weighted by Gasteiger charge is 2.13. The largest absolute Gasteiger partial charge is 0.375 e. The van der Waals surface area contributed by atoms with Crippen LogP contribution < -0.4 is 5.32 Å². The van der Waals surface area contributed by atoms with Crippen LogP contribution in [0.25, 0.3) is 0 Å². The van der Waals surface area contributed by atoms with Crippen LogP contribution in [0.3, 0.4) is 0 Å². The van der Waals surface area contributed by atoms with Gasteiger partial charge in [-0.25, -0.2) is 4.98 Å². The summed E-state index contributed by atoms with van der Waals surface area (Å²) in [6, 6.07) is 0. The molecule has 4 nitrogen and oxygen atoms in total. The van der Waals surface area contributed by atoms with Crippen molar-refractivity contribution in [3.05, 3.63) is 17.7 Å². The first-order valence-electron chi connectivity index (χ1n) is 4.73. The van der Waals surface area contributed by atoms with Gasteiger partial charge in [0.2, 0.25) is 0 Å². The molecule has 1 N–H and O–H groups in total. The monoisotopic (exact) mass is 181 g/mol. The van der Waals surface area contributed by atoms with E-state index >= 15 is 0 Å². The van der Waals surface area contributed by atoms with Crippen molar-refractivity contribution in [2.75, 3.05) is 13.2 Å². The molecule has 1 aromatic heterocycles. The third kappa shape index (κ3) is 1.73. The van der Waals surface area contributed by atoms with Crippen LogP contribution in [-0.2, 0) is 24.4 Å².